The topological polar surface area (TPSA) is 106 Å². The maximum absolute atomic E-state index is 10.8. The quantitative estimate of drug-likeness (QED) is 0.312. The van der Waals surface area contributed by atoms with E-state index in [1.807, 2.05) is 24.3 Å². The first-order valence-corrected chi connectivity index (χ1v) is 8.52. The molecule has 1 heterocycles. The number of nitrogens with zero attached hydrogens (tertiary/aromatic N) is 1. The summed E-state index contributed by atoms with van der Waals surface area (Å²) in [6.07, 6.45) is -1.11. The molecular weight excluding hydrogens is 342 g/mol. The van der Waals surface area contributed by atoms with E-state index in [0.29, 0.717) is 19.3 Å². The number of ether oxygens (including phenoxy) is 2. The number of fused-ring (bicyclic) bond motifs is 1. The molecule has 0 aliphatic heterocycles. The Labute approximate surface area is 140 Å². The number of thiazole rings is 1. The number of para-hydroxylation sites is 1. The molecule has 0 bridgehead atoms. The Morgan fingerprint density at radius 1 is 1.22 bits per heavy atom. The summed E-state index contributed by atoms with van der Waals surface area (Å²) in [6.45, 7) is 0.0843. The maximum atomic E-state index is 10.8. The SMILES string of the molecule is O=C(O)OCCCCC(OC(=O)O)Sc1nc2ccccc2s1. The average molecular weight is 357 g/mol. The Kier molecular flexibility index (Phi) is 6.48. The molecule has 0 saturated heterocycles. The number of benzene rings is 1. The van der Waals surface area contributed by atoms with Crippen molar-refractivity contribution in [3.63, 3.8) is 0 Å². The summed E-state index contributed by atoms with van der Waals surface area (Å²) in [7, 11) is 0. The fraction of sp³-hybridized carbons (Fsp3) is 0.357. The molecule has 2 rings (SSSR count). The number of thioether (sulfide) groups is 1. The highest BCUT2D eigenvalue weighted by Gasteiger charge is 2.17. The van der Waals surface area contributed by atoms with Gasteiger partial charge in [-0.25, -0.2) is 14.6 Å². The van der Waals surface area contributed by atoms with Crippen molar-refractivity contribution in [1.29, 1.82) is 0 Å². The second-order valence-corrected chi connectivity index (χ2v) is 6.93. The van der Waals surface area contributed by atoms with Crippen LogP contribution in [-0.2, 0) is 9.47 Å². The third-order valence-corrected chi connectivity index (χ3v) is 5.06. The molecule has 0 saturated carbocycles. The molecule has 9 heteroatoms. The van der Waals surface area contributed by atoms with Crippen molar-refractivity contribution in [2.24, 2.45) is 0 Å². The van der Waals surface area contributed by atoms with Crippen molar-refractivity contribution in [2.75, 3.05) is 6.61 Å². The molecule has 1 unspecified atom stereocenters. The maximum Gasteiger partial charge on any atom is 0.506 e. The number of hydrogen-bond donors (Lipinski definition) is 2. The number of unbranched alkanes of at least 4 members (excludes halogenated alkanes) is 1. The molecule has 0 amide bonds. The average Bonchev–Trinajstić information content (AvgIpc) is 2.87. The Morgan fingerprint density at radius 3 is 2.70 bits per heavy atom. The lowest BCUT2D eigenvalue weighted by Crippen LogP contribution is -2.13. The Hall–Kier alpha value is -2.00. The molecule has 2 aromatic rings. The molecule has 1 aromatic carbocycles. The number of aromatic nitrogens is 1. The third-order valence-electron chi connectivity index (χ3n) is 2.80. The van der Waals surface area contributed by atoms with Gasteiger partial charge in [-0.15, -0.1) is 11.3 Å². The second kappa shape index (κ2) is 8.59. The van der Waals surface area contributed by atoms with Crippen LogP contribution in [0.3, 0.4) is 0 Å². The summed E-state index contributed by atoms with van der Waals surface area (Å²) >= 11 is 2.73. The summed E-state index contributed by atoms with van der Waals surface area (Å²) in [5.41, 5.74) is 0.279. The smallest absolute Gasteiger partial charge is 0.450 e. The van der Waals surface area contributed by atoms with E-state index in [0.717, 1.165) is 14.6 Å². The van der Waals surface area contributed by atoms with Crippen molar-refractivity contribution in [3.8, 4) is 0 Å². The van der Waals surface area contributed by atoms with Crippen LogP contribution in [0.15, 0.2) is 28.6 Å². The molecule has 1 atom stereocenters. The van der Waals surface area contributed by atoms with Gasteiger partial charge in [0, 0.05) is 0 Å². The molecule has 1 aromatic heterocycles. The highest BCUT2D eigenvalue weighted by molar-refractivity contribution is 8.01. The van der Waals surface area contributed by atoms with Crippen LogP contribution in [-0.4, -0.2) is 39.6 Å². The molecule has 0 aliphatic carbocycles. The molecule has 23 heavy (non-hydrogen) atoms. The summed E-state index contributed by atoms with van der Waals surface area (Å²) in [6, 6.07) is 7.66. The van der Waals surface area contributed by atoms with Gasteiger partial charge in [-0.05, 0) is 31.4 Å². The van der Waals surface area contributed by atoms with Crippen LogP contribution in [0.4, 0.5) is 9.59 Å². The standard InChI is InChI=1S/C14H15NO6S2/c16-13(17)20-8-4-3-7-11(21-14(18)19)23-12-15-9-5-1-2-6-10(9)22-12/h1-2,5-6,11H,3-4,7-8H2,(H,16,17)(H,18,19). The summed E-state index contributed by atoms with van der Waals surface area (Å²) in [5.74, 6) is 0. The van der Waals surface area contributed by atoms with Gasteiger partial charge in [0.1, 0.15) is 0 Å². The van der Waals surface area contributed by atoms with E-state index >= 15 is 0 Å². The third kappa shape index (κ3) is 5.95. The van der Waals surface area contributed by atoms with Gasteiger partial charge in [-0.1, -0.05) is 23.9 Å². The molecule has 7 nitrogen and oxygen atoms in total. The van der Waals surface area contributed by atoms with Gasteiger partial charge < -0.3 is 19.7 Å². The van der Waals surface area contributed by atoms with Crippen LogP contribution in [0, 0.1) is 0 Å². The fourth-order valence-electron chi connectivity index (χ4n) is 1.84. The molecule has 0 radical (unpaired) electrons. The summed E-state index contributed by atoms with van der Waals surface area (Å²) < 4.78 is 11.0. The Balaban J connectivity index is 1.89. The lowest BCUT2D eigenvalue weighted by Gasteiger charge is -2.13. The molecule has 124 valence electrons. The zero-order chi connectivity index (χ0) is 16.7. The van der Waals surface area contributed by atoms with Gasteiger partial charge in [0.25, 0.3) is 0 Å². The first-order chi connectivity index (χ1) is 11.0. The zero-order valence-corrected chi connectivity index (χ0v) is 13.6. The van der Waals surface area contributed by atoms with Crippen molar-refractivity contribution in [3.05, 3.63) is 24.3 Å². The predicted octanol–water partition coefficient (Wildman–Crippen LogP) is 4.27. The minimum atomic E-state index is -1.34. The van der Waals surface area contributed by atoms with Gasteiger partial charge in [0.15, 0.2) is 9.78 Å². The van der Waals surface area contributed by atoms with Gasteiger partial charge in [-0.2, -0.15) is 0 Å². The number of carboxylic acid groups (broad SMARTS) is 2. The van der Waals surface area contributed by atoms with Gasteiger partial charge in [-0.3, -0.25) is 0 Å². The van der Waals surface area contributed by atoms with Crippen LogP contribution in [0.25, 0.3) is 10.2 Å². The second-order valence-electron chi connectivity index (χ2n) is 4.49. The van der Waals surface area contributed by atoms with Crippen LogP contribution >= 0.6 is 23.1 Å². The normalized spacial score (nSPS) is 12.0. The fourth-order valence-corrected chi connectivity index (χ4v) is 4.11. The zero-order valence-electron chi connectivity index (χ0n) is 12.0. The number of rotatable bonds is 8. The highest BCUT2D eigenvalue weighted by atomic mass is 32.2. The number of hydrogen-bond acceptors (Lipinski definition) is 7. The van der Waals surface area contributed by atoms with Crippen LogP contribution in [0.1, 0.15) is 19.3 Å². The van der Waals surface area contributed by atoms with E-state index in [1.54, 1.807) is 0 Å². The molecule has 0 spiro atoms. The van der Waals surface area contributed by atoms with Crippen LogP contribution < -0.4 is 0 Å². The first-order valence-electron chi connectivity index (χ1n) is 6.82. The lowest BCUT2D eigenvalue weighted by molar-refractivity contribution is 0.0764. The molecule has 0 fully saturated rings. The Morgan fingerprint density at radius 2 is 2.00 bits per heavy atom. The molecule has 0 aliphatic rings. The molecular formula is C14H15NO6S2. The summed E-state index contributed by atoms with van der Waals surface area (Å²) in [5, 5.41) is 17.2. The Bertz CT molecular complexity index is 641. The van der Waals surface area contributed by atoms with Gasteiger partial charge >= 0.3 is 12.3 Å². The predicted molar refractivity (Wildman–Crippen MR) is 86.2 cm³/mol. The largest absolute Gasteiger partial charge is 0.506 e. The lowest BCUT2D eigenvalue weighted by atomic mass is 10.2. The van der Waals surface area contributed by atoms with Crippen molar-refractivity contribution < 1.29 is 29.3 Å². The van der Waals surface area contributed by atoms with Gasteiger partial charge in [0.05, 0.1) is 16.8 Å². The molecule has 2 N–H and O–H groups in total. The van der Waals surface area contributed by atoms with Crippen molar-refractivity contribution in [1.82, 2.24) is 4.98 Å². The van der Waals surface area contributed by atoms with Crippen molar-refractivity contribution >= 4 is 45.6 Å². The van der Waals surface area contributed by atoms with E-state index in [4.69, 9.17) is 14.9 Å². The van der Waals surface area contributed by atoms with Crippen LogP contribution in [0.2, 0.25) is 0 Å². The van der Waals surface area contributed by atoms with Crippen molar-refractivity contribution in [2.45, 2.75) is 29.0 Å². The van der Waals surface area contributed by atoms with Gasteiger partial charge in [0.2, 0.25) is 0 Å². The minimum absolute atomic E-state index is 0.0843. The minimum Gasteiger partial charge on any atom is -0.450 e. The number of carbonyl (C=O) groups is 2. The van der Waals surface area contributed by atoms with E-state index in [9.17, 15) is 9.59 Å². The summed E-state index contributed by atoms with van der Waals surface area (Å²) in [4.78, 5) is 25.5. The van der Waals surface area contributed by atoms with Crippen LogP contribution in [0.5, 0.6) is 0 Å². The van der Waals surface area contributed by atoms with E-state index < -0.39 is 17.7 Å². The van der Waals surface area contributed by atoms with E-state index in [2.05, 4.69) is 9.72 Å². The first kappa shape index (κ1) is 17.4. The van der Waals surface area contributed by atoms with E-state index in [1.165, 1.54) is 23.1 Å². The monoisotopic (exact) mass is 357 g/mol. The highest BCUT2D eigenvalue weighted by Crippen LogP contribution is 2.34. The van der Waals surface area contributed by atoms with E-state index in [-0.39, 0.29) is 6.61 Å².